The van der Waals surface area contributed by atoms with Gasteiger partial charge in [-0.25, -0.2) is 0 Å². The van der Waals surface area contributed by atoms with Crippen LogP contribution in [0.1, 0.15) is 6.92 Å². The van der Waals surface area contributed by atoms with Gasteiger partial charge >= 0.3 is 0 Å². The van der Waals surface area contributed by atoms with E-state index in [9.17, 15) is 0 Å². The lowest BCUT2D eigenvalue weighted by Crippen LogP contribution is -2.35. The van der Waals surface area contributed by atoms with Crippen molar-refractivity contribution in [2.75, 3.05) is 16.8 Å². The number of nitrogens with zero attached hydrogens (tertiary/aromatic N) is 1. The maximum Gasteiger partial charge on any atom is 0.200 e. The highest BCUT2D eigenvalue weighted by Crippen LogP contribution is 2.14. The Labute approximate surface area is 108 Å². The highest BCUT2D eigenvalue weighted by atomic mass is 15.3. The number of guanidine groups is 1. The van der Waals surface area contributed by atoms with Gasteiger partial charge in [0, 0.05) is 17.9 Å². The Morgan fingerprint density at radius 2 is 1.56 bits per heavy atom. The van der Waals surface area contributed by atoms with E-state index in [0.29, 0.717) is 5.96 Å². The number of para-hydroxylation sites is 2. The first-order valence-corrected chi connectivity index (χ1v) is 6.04. The van der Waals surface area contributed by atoms with Gasteiger partial charge in [-0.1, -0.05) is 36.4 Å². The normalized spacial score (nSPS) is 9.83. The molecule has 3 nitrogen and oxygen atoms in total. The minimum Gasteiger partial charge on any atom is -0.326 e. The van der Waals surface area contributed by atoms with Gasteiger partial charge in [0.2, 0.25) is 0 Å². The zero-order chi connectivity index (χ0) is 12.8. The lowest BCUT2D eigenvalue weighted by Gasteiger charge is -2.24. The van der Waals surface area contributed by atoms with Crippen LogP contribution in [0, 0.1) is 5.41 Å². The lowest BCUT2D eigenvalue weighted by atomic mass is 10.3. The van der Waals surface area contributed by atoms with Crippen LogP contribution in [0.2, 0.25) is 0 Å². The van der Waals surface area contributed by atoms with E-state index in [1.54, 1.807) is 0 Å². The molecule has 0 spiro atoms. The predicted octanol–water partition coefficient (Wildman–Crippen LogP) is 3.56. The number of hydrogen-bond donors (Lipinski definition) is 2. The third-order valence-electron chi connectivity index (χ3n) is 2.69. The van der Waals surface area contributed by atoms with Crippen LogP contribution in [0.25, 0.3) is 0 Å². The molecule has 0 heterocycles. The van der Waals surface area contributed by atoms with Crippen molar-refractivity contribution in [2.24, 2.45) is 0 Å². The van der Waals surface area contributed by atoms with Gasteiger partial charge in [-0.3, -0.25) is 5.41 Å². The van der Waals surface area contributed by atoms with Crippen LogP contribution in [0.4, 0.5) is 11.4 Å². The molecule has 0 unspecified atom stereocenters. The summed E-state index contributed by atoms with van der Waals surface area (Å²) < 4.78 is 0. The molecule has 0 aliphatic carbocycles. The molecule has 18 heavy (non-hydrogen) atoms. The lowest BCUT2D eigenvalue weighted by molar-refractivity contribution is 1.04. The van der Waals surface area contributed by atoms with Crippen molar-refractivity contribution >= 4 is 17.3 Å². The number of hydrogen-bond acceptors (Lipinski definition) is 1. The van der Waals surface area contributed by atoms with Crippen LogP contribution in [0.5, 0.6) is 0 Å². The van der Waals surface area contributed by atoms with Crippen LogP contribution >= 0.6 is 0 Å². The second kappa shape index (κ2) is 5.87. The Balaban J connectivity index is 2.12. The average molecular weight is 239 g/mol. The molecule has 0 saturated heterocycles. The molecule has 0 atom stereocenters. The molecule has 0 aliphatic rings. The number of benzene rings is 2. The van der Waals surface area contributed by atoms with E-state index in [1.807, 2.05) is 72.5 Å². The van der Waals surface area contributed by atoms with Crippen molar-refractivity contribution in [1.82, 2.24) is 0 Å². The number of anilines is 2. The SMILES string of the molecule is CCN(C(=N)Nc1ccccc1)c1ccccc1. The van der Waals surface area contributed by atoms with E-state index in [0.717, 1.165) is 17.9 Å². The fourth-order valence-corrected chi connectivity index (χ4v) is 1.80. The Morgan fingerprint density at radius 3 is 2.11 bits per heavy atom. The van der Waals surface area contributed by atoms with Crippen LogP contribution in [-0.4, -0.2) is 12.5 Å². The zero-order valence-corrected chi connectivity index (χ0v) is 10.4. The average Bonchev–Trinajstić information content (AvgIpc) is 2.42. The summed E-state index contributed by atoms with van der Waals surface area (Å²) in [5, 5.41) is 11.2. The predicted molar refractivity (Wildman–Crippen MR) is 77.3 cm³/mol. The molecule has 2 N–H and O–H groups in total. The number of nitrogens with one attached hydrogen (secondary N) is 2. The second-order valence-corrected chi connectivity index (χ2v) is 3.92. The van der Waals surface area contributed by atoms with E-state index in [4.69, 9.17) is 5.41 Å². The molecule has 0 fully saturated rings. The molecule has 92 valence electrons. The van der Waals surface area contributed by atoms with Crippen molar-refractivity contribution < 1.29 is 0 Å². The maximum absolute atomic E-state index is 8.14. The molecule has 2 aromatic rings. The minimum atomic E-state index is 0.384. The summed E-state index contributed by atoms with van der Waals surface area (Å²) in [6.45, 7) is 2.79. The topological polar surface area (TPSA) is 39.1 Å². The van der Waals surface area contributed by atoms with Gasteiger partial charge in [-0.15, -0.1) is 0 Å². The van der Waals surface area contributed by atoms with Gasteiger partial charge in [-0.2, -0.15) is 0 Å². The maximum atomic E-state index is 8.14. The van der Waals surface area contributed by atoms with Crippen LogP contribution in [0.15, 0.2) is 60.7 Å². The largest absolute Gasteiger partial charge is 0.326 e. The van der Waals surface area contributed by atoms with E-state index >= 15 is 0 Å². The quantitative estimate of drug-likeness (QED) is 0.635. The summed E-state index contributed by atoms with van der Waals surface area (Å²) in [4.78, 5) is 1.92. The molecule has 0 saturated carbocycles. The Morgan fingerprint density at radius 1 is 1.00 bits per heavy atom. The van der Waals surface area contributed by atoms with Crippen LogP contribution in [0.3, 0.4) is 0 Å². The zero-order valence-electron chi connectivity index (χ0n) is 10.4. The van der Waals surface area contributed by atoms with Crippen molar-refractivity contribution in [3.05, 3.63) is 60.7 Å². The summed E-state index contributed by atoms with van der Waals surface area (Å²) in [6.07, 6.45) is 0. The molecule has 0 aliphatic heterocycles. The molecule has 2 aromatic carbocycles. The third-order valence-corrected chi connectivity index (χ3v) is 2.69. The first kappa shape index (κ1) is 12.2. The fraction of sp³-hybridized carbons (Fsp3) is 0.133. The molecule has 0 bridgehead atoms. The summed E-state index contributed by atoms with van der Waals surface area (Å²) in [7, 11) is 0. The van der Waals surface area contributed by atoms with Gasteiger partial charge in [-0.05, 0) is 31.2 Å². The van der Waals surface area contributed by atoms with E-state index < -0.39 is 0 Å². The Kier molecular flexibility index (Phi) is 3.97. The highest BCUT2D eigenvalue weighted by Gasteiger charge is 2.09. The molecule has 3 heteroatoms. The first-order chi connectivity index (χ1) is 8.81. The highest BCUT2D eigenvalue weighted by molar-refractivity contribution is 6.03. The smallest absolute Gasteiger partial charge is 0.200 e. The van der Waals surface area contributed by atoms with Crippen LogP contribution < -0.4 is 10.2 Å². The van der Waals surface area contributed by atoms with Crippen molar-refractivity contribution in [1.29, 1.82) is 5.41 Å². The van der Waals surface area contributed by atoms with Crippen molar-refractivity contribution in [3.63, 3.8) is 0 Å². The summed E-state index contributed by atoms with van der Waals surface area (Å²) in [5.74, 6) is 0.384. The number of rotatable bonds is 3. The van der Waals surface area contributed by atoms with Gasteiger partial charge in [0.05, 0.1) is 0 Å². The van der Waals surface area contributed by atoms with E-state index in [2.05, 4.69) is 5.32 Å². The monoisotopic (exact) mass is 239 g/mol. The summed E-state index contributed by atoms with van der Waals surface area (Å²) >= 11 is 0. The summed E-state index contributed by atoms with van der Waals surface area (Å²) in [5.41, 5.74) is 1.95. The Bertz CT molecular complexity index is 494. The standard InChI is InChI=1S/C15H17N3/c1-2-18(14-11-7-4-8-12-14)15(16)17-13-9-5-3-6-10-13/h3-12H,2H2,1H3,(H2,16,17). The molecular formula is C15H17N3. The van der Waals surface area contributed by atoms with E-state index in [-0.39, 0.29) is 0 Å². The molecule has 0 amide bonds. The third kappa shape index (κ3) is 2.88. The van der Waals surface area contributed by atoms with Gasteiger partial charge in [0.25, 0.3) is 0 Å². The van der Waals surface area contributed by atoms with Gasteiger partial charge in [0.15, 0.2) is 5.96 Å². The molecular weight excluding hydrogens is 222 g/mol. The molecule has 0 aromatic heterocycles. The van der Waals surface area contributed by atoms with E-state index in [1.165, 1.54) is 0 Å². The Hall–Kier alpha value is -2.29. The minimum absolute atomic E-state index is 0.384. The molecule has 0 radical (unpaired) electrons. The first-order valence-electron chi connectivity index (χ1n) is 6.04. The van der Waals surface area contributed by atoms with Crippen LogP contribution in [-0.2, 0) is 0 Å². The van der Waals surface area contributed by atoms with Crippen molar-refractivity contribution in [3.8, 4) is 0 Å². The summed E-state index contributed by atoms with van der Waals surface area (Å²) in [6, 6.07) is 19.7. The fourth-order valence-electron chi connectivity index (χ4n) is 1.80. The van der Waals surface area contributed by atoms with Crippen molar-refractivity contribution in [2.45, 2.75) is 6.92 Å². The second-order valence-electron chi connectivity index (χ2n) is 3.92. The van der Waals surface area contributed by atoms with Gasteiger partial charge in [0.1, 0.15) is 0 Å². The molecule has 2 rings (SSSR count). The van der Waals surface area contributed by atoms with Gasteiger partial charge < -0.3 is 10.2 Å².